The van der Waals surface area contributed by atoms with Crippen molar-refractivity contribution in [3.8, 4) is 11.5 Å². The number of amides is 1. The van der Waals surface area contributed by atoms with Crippen molar-refractivity contribution in [3.63, 3.8) is 0 Å². The normalized spacial score (nSPS) is 18.3. The molecule has 0 unspecified atom stereocenters. The lowest BCUT2D eigenvalue weighted by molar-refractivity contribution is -0.122. The molecule has 1 N–H and O–H groups in total. The second kappa shape index (κ2) is 11.0. The summed E-state index contributed by atoms with van der Waals surface area (Å²) in [5.74, 6) is 1.76. The number of ether oxygens (including phenoxy) is 2. The number of hydrogen-bond donors (Lipinski definition) is 1. The van der Waals surface area contributed by atoms with Crippen molar-refractivity contribution in [1.82, 2.24) is 19.9 Å². The summed E-state index contributed by atoms with van der Waals surface area (Å²) < 4.78 is 12.5. The standard InChI is InChI=1S/C30H32ClN5O4S/c1-18(19-8-5-4-6-9-19)32-25(37)22-10-7-15-35(22)29-33-24-26(41-29)34-28(30(31)13-14-30)36(27(24)38)17-20-11-12-21(39-2)16-23(20)40-3/h4-6,8-9,11-12,16,18,22H,7,10,13-15,17H2,1-3H3,(H,32,37)/t18-,22-/m1/s1. The first kappa shape index (κ1) is 27.5. The minimum absolute atomic E-state index is 0.0477. The highest BCUT2D eigenvalue weighted by Crippen LogP contribution is 2.51. The van der Waals surface area contributed by atoms with E-state index >= 15 is 0 Å². The van der Waals surface area contributed by atoms with Gasteiger partial charge < -0.3 is 19.7 Å². The number of aromatic nitrogens is 3. The van der Waals surface area contributed by atoms with Crippen molar-refractivity contribution >= 4 is 44.3 Å². The summed E-state index contributed by atoms with van der Waals surface area (Å²) in [7, 11) is 3.18. The summed E-state index contributed by atoms with van der Waals surface area (Å²) in [5.41, 5.74) is 1.88. The minimum Gasteiger partial charge on any atom is -0.497 e. The van der Waals surface area contributed by atoms with E-state index in [9.17, 15) is 9.59 Å². The van der Waals surface area contributed by atoms with Crippen molar-refractivity contribution in [2.45, 2.75) is 56.1 Å². The van der Waals surface area contributed by atoms with Gasteiger partial charge in [0.2, 0.25) is 5.91 Å². The van der Waals surface area contributed by atoms with Crippen molar-refractivity contribution in [2.24, 2.45) is 0 Å². The van der Waals surface area contributed by atoms with Crippen LogP contribution in [0.2, 0.25) is 0 Å². The Morgan fingerprint density at radius 2 is 1.95 bits per heavy atom. The van der Waals surface area contributed by atoms with Gasteiger partial charge in [-0.3, -0.25) is 14.2 Å². The van der Waals surface area contributed by atoms with E-state index in [1.807, 2.05) is 54.3 Å². The molecule has 41 heavy (non-hydrogen) atoms. The fourth-order valence-corrected chi connectivity index (χ4v) is 6.64. The monoisotopic (exact) mass is 593 g/mol. The maximum Gasteiger partial charge on any atom is 0.281 e. The molecular formula is C30H32ClN5O4S. The molecule has 1 aliphatic carbocycles. The predicted molar refractivity (Wildman–Crippen MR) is 160 cm³/mol. The number of nitrogens with zero attached hydrogens (tertiary/aromatic N) is 4. The average molecular weight is 594 g/mol. The molecule has 2 aromatic carbocycles. The second-order valence-corrected chi connectivity index (χ2v) is 12.3. The van der Waals surface area contributed by atoms with Gasteiger partial charge in [0.15, 0.2) is 15.5 Å². The molecule has 9 nitrogen and oxygen atoms in total. The summed E-state index contributed by atoms with van der Waals surface area (Å²) in [6, 6.07) is 14.9. The lowest BCUT2D eigenvalue weighted by Gasteiger charge is -2.25. The van der Waals surface area contributed by atoms with Crippen LogP contribution >= 0.6 is 22.9 Å². The summed E-state index contributed by atoms with van der Waals surface area (Å²) in [5, 5.41) is 3.78. The average Bonchev–Trinajstić information content (AvgIpc) is 3.36. The van der Waals surface area contributed by atoms with Gasteiger partial charge in [-0.1, -0.05) is 41.7 Å². The third-order valence-electron chi connectivity index (χ3n) is 7.88. The Bertz CT molecular complexity index is 1650. The number of methoxy groups -OCH3 is 2. The Balaban J connectivity index is 1.33. The maximum atomic E-state index is 13.9. The van der Waals surface area contributed by atoms with Gasteiger partial charge in [0.05, 0.1) is 26.8 Å². The molecule has 1 saturated heterocycles. The molecule has 0 radical (unpaired) electrons. The molecule has 0 spiro atoms. The van der Waals surface area contributed by atoms with E-state index in [0.29, 0.717) is 40.3 Å². The van der Waals surface area contributed by atoms with Crippen LogP contribution in [-0.4, -0.2) is 47.2 Å². The zero-order valence-electron chi connectivity index (χ0n) is 23.2. The number of anilines is 1. The SMILES string of the molecule is COc1ccc(Cn2c(C3(Cl)CC3)nc3sc(N4CCC[C@@H]4C(=O)N[C@H](C)c4ccccc4)nc3c2=O)c(OC)c1. The third kappa shape index (κ3) is 5.26. The van der Waals surface area contributed by atoms with Crippen LogP contribution in [0, 0.1) is 0 Å². The molecule has 4 aromatic rings. The Morgan fingerprint density at radius 3 is 2.66 bits per heavy atom. The molecule has 2 fully saturated rings. The number of hydrogen-bond acceptors (Lipinski definition) is 8. The predicted octanol–water partition coefficient (Wildman–Crippen LogP) is 4.99. The zero-order valence-corrected chi connectivity index (χ0v) is 24.8. The molecule has 2 atom stereocenters. The molecule has 3 heterocycles. The first-order valence-corrected chi connectivity index (χ1v) is 14.9. The highest BCUT2D eigenvalue weighted by Gasteiger charge is 2.47. The fourth-order valence-electron chi connectivity index (χ4n) is 5.40. The minimum atomic E-state index is -0.680. The molecule has 214 valence electrons. The molecule has 1 saturated carbocycles. The van der Waals surface area contributed by atoms with Crippen LogP contribution in [0.15, 0.2) is 53.3 Å². The van der Waals surface area contributed by atoms with Gasteiger partial charge in [0, 0.05) is 18.2 Å². The number of alkyl halides is 1. The number of rotatable bonds is 9. The van der Waals surface area contributed by atoms with Crippen LogP contribution in [0.4, 0.5) is 5.13 Å². The third-order valence-corrected chi connectivity index (χ3v) is 9.41. The Hall–Kier alpha value is -3.63. The summed E-state index contributed by atoms with van der Waals surface area (Å²) in [6.07, 6.45) is 3.06. The molecule has 1 amide bonds. The first-order valence-electron chi connectivity index (χ1n) is 13.7. The highest BCUT2D eigenvalue weighted by atomic mass is 35.5. The molecule has 2 aliphatic rings. The van der Waals surface area contributed by atoms with Crippen LogP contribution < -0.4 is 25.2 Å². The van der Waals surface area contributed by atoms with Crippen LogP contribution in [0.3, 0.4) is 0 Å². The van der Waals surface area contributed by atoms with Crippen LogP contribution in [0.25, 0.3) is 10.3 Å². The van der Waals surface area contributed by atoms with E-state index in [0.717, 1.165) is 30.4 Å². The Kier molecular flexibility index (Phi) is 7.37. The molecule has 2 aromatic heterocycles. The number of carbonyl (C=O) groups is 1. The summed E-state index contributed by atoms with van der Waals surface area (Å²) >= 11 is 8.22. The highest BCUT2D eigenvalue weighted by molar-refractivity contribution is 7.21. The number of nitrogens with one attached hydrogen (secondary N) is 1. The fraction of sp³-hybridized carbons (Fsp3) is 0.400. The Labute approximate surface area is 247 Å². The van der Waals surface area contributed by atoms with Crippen molar-refractivity contribution < 1.29 is 14.3 Å². The lowest BCUT2D eigenvalue weighted by atomic mass is 10.1. The topological polar surface area (TPSA) is 98.6 Å². The number of thiazole rings is 1. The van der Waals surface area contributed by atoms with Crippen molar-refractivity contribution in [1.29, 1.82) is 0 Å². The van der Waals surface area contributed by atoms with E-state index in [1.54, 1.807) is 24.9 Å². The zero-order chi connectivity index (χ0) is 28.7. The van der Waals surface area contributed by atoms with Gasteiger partial charge in [-0.15, -0.1) is 11.6 Å². The van der Waals surface area contributed by atoms with Gasteiger partial charge in [-0.2, -0.15) is 0 Å². The molecule has 11 heteroatoms. The van der Waals surface area contributed by atoms with E-state index in [4.69, 9.17) is 31.0 Å². The van der Waals surface area contributed by atoms with Crippen molar-refractivity contribution in [2.75, 3.05) is 25.7 Å². The van der Waals surface area contributed by atoms with E-state index in [-0.39, 0.29) is 35.6 Å². The van der Waals surface area contributed by atoms with Crippen LogP contribution in [-0.2, 0) is 16.2 Å². The summed E-state index contributed by atoms with van der Waals surface area (Å²) in [6.45, 7) is 2.90. The molecule has 1 aliphatic heterocycles. The Morgan fingerprint density at radius 1 is 1.17 bits per heavy atom. The van der Waals surface area contributed by atoms with Crippen LogP contribution in [0.5, 0.6) is 11.5 Å². The maximum absolute atomic E-state index is 13.9. The number of benzene rings is 2. The van der Waals surface area contributed by atoms with Crippen molar-refractivity contribution in [3.05, 3.63) is 75.8 Å². The van der Waals surface area contributed by atoms with Gasteiger partial charge in [0.1, 0.15) is 28.2 Å². The molecule has 6 rings (SSSR count). The van der Waals surface area contributed by atoms with Crippen LogP contribution in [0.1, 0.15) is 55.6 Å². The van der Waals surface area contributed by atoms with Gasteiger partial charge in [-0.05, 0) is 50.3 Å². The number of fused-ring (bicyclic) bond motifs is 1. The van der Waals surface area contributed by atoms with Gasteiger partial charge in [-0.25, -0.2) is 9.97 Å². The lowest BCUT2D eigenvalue weighted by Crippen LogP contribution is -2.44. The first-order chi connectivity index (χ1) is 19.8. The van der Waals surface area contributed by atoms with Gasteiger partial charge in [0.25, 0.3) is 5.56 Å². The number of halogens is 1. The second-order valence-electron chi connectivity index (χ2n) is 10.6. The summed E-state index contributed by atoms with van der Waals surface area (Å²) in [4.78, 5) is 38.8. The molecular weight excluding hydrogens is 562 g/mol. The van der Waals surface area contributed by atoms with E-state index < -0.39 is 4.87 Å². The molecule has 0 bridgehead atoms. The smallest absolute Gasteiger partial charge is 0.281 e. The van der Waals surface area contributed by atoms with E-state index in [1.165, 1.54) is 11.3 Å². The quantitative estimate of drug-likeness (QED) is 0.273. The number of carbonyl (C=O) groups excluding carboxylic acids is 1. The van der Waals surface area contributed by atoms with E-state index in [2.05, 4.69) is 5.32 Å². The largest absolute Gasteiger partial charge is 0.497 e. The van der Waals surface area contributed by atoms with Gasteiger partial charge >= 0.3 is 0 Å².